The topological polar surface area (TPSA) is 114 Å². The molecule has 6 rings (SSSR count). The van der Waals surface area contributed by atoms with Gasteiger partial charge in [-0.25, -0.2) is 27.1 Å². The molecule has 10 nitrogen and oxygen atoms in total. The molecule has 0 radical (unpaired) electrons. The van der Waals surface area contributed by atoms with Crippen molar-refractivity contribution in [2.45, 2.75) is 62.8 Å². The Morgan fingerprint density at radius 1 is 1.16 bits per heavy atom. The number of hydrogen-bond donors (Lipinski definition) is 1. The molecule has 3 fully saturated rings. The molecular weight excluding hydrogens is 533 g/mol. The lowest BCUT2D eigenvalue weighted by Gasteiger charge is -2.45. The molecule has 0 bridgehead atoms. The van der Waals surface area contributed by atoms with Gasteiger partial charge in [0.15, 0.2) is 11.6 Å². The number of fused-ring (bicyclic) bond motifs is 2. The second-order valence-corrected chi connectivity index (χ2v) is 13.7. The maximum absolute atomic E-state index is 15.1. The highest BCUT2D eigenvalue weighted by molar-refractivity contribution is 7.88. The van der Waals surface area contributed by atoms with Crippen molar-refractivity contribution >= 4 is 33.2 Å². The number of amides is 1. The molecule has 0 atom stereocenters. The summed E-state index contributed by atoms with van der Waals surface area (Å²) in [5.41, 5.74) is 1.10. The van der Waals surface area contributed by atoms with Gasteiger partial charge in [-0.3, -0.25) is 4.79 Å². The number of piperidine rings is 1. The van der Waals surface area contributed by atoms with Crippen molar-refractivity contribution in [3.05, 3.63) is 28.0 Å². The zero-order valence-electron chi connectivity index (χ0n) is 21.8. The second-order valence-electron chi connectivity index (χ2n) is 10.7. The standard InChI is InChI=1S/C25H32FN5O5S2/c1-15-18-21(24(30(2)22(18)32)6-8-25(9-7-24)35-12-13-36-25)37-20(15)19-17(26)14-27-23(29-19)28-16-4-10-31(11-5-16)38(3,33)34/h14,16H,4-13H2,1-3H3,(H,27,28,29). The van der Waals surface area contributed by atoms with Gasteiger partial charge in [-0.1, -0.05) is 0 Å². The summed E-state index contributed by atoms with van der Waals surface area (Å²) < 4.78 is 52.0. The van der Waals surface area contributed by atoms with Crippen molar-refractivity contribution in [3.63, 3.8) is 0 Å². The highest BCUT2D eigenvalue weighted by Crippen LogP contribution is 2.56. The number of sulfonamides is 1. The third kappa shape index (κ3) is 4.14. The summed E-state index contributed by atoms with van der Waals surface area (Å²) in [5, 5.41) is 3.25. The van der Waals surface area contributed by atoms with Gasteiger partial charge < -0.3 is 19.7 Å². The van der Waals surface area contributed by atoms with Crippen molar-refractivity contribution in [2.24, 2.45) is 0 Å². The highest BCUT2D eigenvalue weighted by atomic mass is 32.2. The number of nitrogens with one attached hydrogen (secondary N) is 1. The molecular formula is C25H32FN5O5S2. The fourth-order valence-electron chi connectivity index (χ4n) is 6.34. The Morgan fingerprint density at radius 2 is 1.82 bits per heavy atom. The number of carbonyl (C=O) groups excluding carboxylic acids is 1. The molecule has 1 aliphatic carbocycles. The van der Waals surface area contributed by atoms with Crippen LogP contribution >= 0.6 is 11.3 Å². The van der Waals surface area contributed by atoms with E-state index in [1.807, 2.05) is 18.9 Å². The van der Waals surface area contributed by atoms with Crippen LogP contribution in [-0.4, -0.2) is 84.9 Å². The quantitative estimate of drug-likeness (QED) is 0.602. The molecule has 13 heteroatoms. The summed E-state index contributed by atoms with van der Waals surface area (Å²) >= 11 is 1.44. The van der Waals surface area contributed by atoms with Crippen LogP contribution in [-0.2, 0) is 25.0 Å². The monoisotopic (exact) mass is 565 g/mol. The van der Waals surface area contributed by atoms with Crippen LogP contribution in [0.5, 0.6) is 0 Å². The van der Waals surface area contributed by atoms with Crippen LogP contribution in [0.25, 0.3) is 10.6 Å². The lowest BCUT2D eigenvalue weighted by molar-refractivity contribution is -0.191. The van der Waals surface area contributed by atoms with E-state index in [0.717, 1.165) is 16.6 Å². The Balaban J connectivity index is 1.27. The molecule has 2 saturated heterocycles. The van der Waals surface area contributed by atoms with Gasteiger partial charge in [-0.05, 0) is 38.2 Å². The van der Waals surface area contributed by atoms with E-state index in [2.05, 4.69) is 15.3 Å². The first-order chi connectivity index (χ1) is 18.0. The zero-order chi connectivity index (χ0) is 26.9. The van der Waals surface area contributed by atoms with Gasteiger partial charge >= 0.3 is 0 Å². The van der Waals surface area contributed by atoms with Gasteiger partial charge in [0, 0.05) is 43.9 Å². The smallest absolute Gasteiger partial charge is 0.255 e. The van der Waals surface area contributed by atoms with Crippen LogP contribution in [0, 0.1) is 12.7 Å². The summed E-state index contributed by atoms with van der Waals surface area (Å²) in [6.07, 6.45) is 6.41. The molecule has 206 valence electrons. The van der Waals surface area contributed by atoms with Crippen LogP contribution in [0.2, 0.25) is 0 Å². The molecule has 38 heavy (non-hydrogen) atoms. The SMILES string of the molecule is Cc1c(-c2nc(NC3CCN(S(C)(=O)=O)CC3)ncc2F)sc2c1C(=O)N(C)C21CCC2(CC1)OCCO2. The Hall–Kier alpha value is -2.19. The lowest BCUT2D eigenvalue weighted by Crippen LogP contribution is -2.48. The summed E-state index contributed by atoms with van der Waals surface area (Å²) in [4.78, 5) is 25.6. The van der Waals surface area contributed by atoms with Crippen LogP contribution < -0.4 is 5.32 Å². The maximum Gasteiger partial charge on any atom is 0.255 e. The third-order valence-corrected chi connectivity index (χ3v) is 11.4. The first-order valence-electron chi connectivity index (χ1n) is 13.0. The van der Waals surface area contributed by atoms with E-state index >= 15 is 4.39 Å². The number of nitrogens with zero attached hydrogens (tertiary/aromatic N) is 4. The number of carbonyl (C=O) groups is 1. The average molecular weight is 566 g/mol. The third-order valence-electron chi connectivity index (χ3n) is 8.60. The Bertz CT molecular complexity index is 1370. The fraction of sp³-hybridized carbons (Fsp3) is 0.640. The minimum atomic E-state index is -3.22. The lowest BCUT2D eigenvalue weighted by atomic mass is 9.77. The molecule has 3 aliphatic heterocycles. The van der Waals surface area contributed by atoms with Gasteiger partial charge in [-0.2, -0.15) is 0 Å². The normalized spacial score (nSPS) is 23.5. The van der Waals surface area contributed by atoms with E-state index in [4.69, 9.17) is 9.47 Å². The van der Waals surface area contributed by atoms with Gasteiger partial charge in [-0.15, -0.1) is 11.3 Å². The van der Waals surface area contributed by atoms with Crippen LogP contribution in [0.3, 0.4) is 0 Å². The summed E-state index contributed by atoms with van der Waals surface area (Å²) in [5.74, 6) is -0.852. The summed E-state index contributed by atoms with van der Waals surface area (Å²) in [7, 11) is -1.37. The van der Waals surface area contributed by atoms with E-state index in [0.29, 0.717) is 81.2 Å². The molecule has 0 aromatic carbocycles. The van der Waals surface area contributed by atoms with Crippen LogP contribution in [0.1, 0.15) is 59.3 Å². The first-order valence-corrected chi connectivity index (χ1v) is 15.6. The first kappa shape index (κ1) is 26.1. The van der Waals surface area contributed by atoms with Crippen molar-refractivity contribution in [1.82, 2.24) is 19.2 Å². The van der Waals surface area contributed by atoms with Crippen LogP contribution in [0.15, 0.2) is 6.20 Å². The second kappa shape index (κ2) is 9.19. The molecule has 1 saturated carbocycles. The Labute approximate surface area is 225 Å². The van der Waals surface area contributed by atoms with E-state index in [1.54, 1.807) is 0 Å². The zero-order valence-corrected chi connectivity index (χ0v) is 23.4. The van der Waals surface area contributed by atoms with E-state index in [1.165, 1.54) is 21.9 Å². The molecule has 2 spiro atoms. The highest BCUT2D eigenvalue weighted by Gasteiger charge is 2.56. The van der Waals surface area contributed by atoms with Gasteiger partial charge in [0.25, 0.3) is 5.91 Å². The van der Waals surface area contributed by atoms with E-state index in [9.17, 15) is 13.2 Å². The molecule has 2 aromatic rings. The Morgan fingerprint density at radius 3 is 2.45 bits per heavy atom. The fourth-order valence-corrected chi connectivity index (χ4v) is 8.79. The molecule has 4 aliphatic rings. The molecule has 0 unspecified atom stereocenters. The minimum absolute atomic E-state index is 0.0196. The number of halogens is 1. The number of thiophene rings is 1. The number of aromatic nitrogens is 2. The number of anilines is 1. The largest absolute Gasteiger partial charge is 0.351 e. The predicted molar refractivity (Wildman–Crippen MR) is 140 cm³/mol. The van der Waals surface area contributed by atoms with Gasteiger partial charge in [0.1, 0.15) is 5.69 Å². The summed E-state index contributed by atoms with van der Waals surface area (Å²) in [6, 6.07) is -0.0196. The van der Waals surface area contributed by atoms with E-state index < -0.39 is 27.2 Å². The van der Waals surface area contributed by atoms with Crippen LogP contribution in [0.4, 0.5) is 10.3 Å². The van der Waals surface area contributed by atoms with Gasteiger partial charge in [0.2, 0.25) is 16.0 Å². The molecule has 2 aromatic heterocycles. The van der Waals surface area contributed by atoms with Crippen molar-refractivity contribution in [1.29, 1.82) is 0 Å². The Kier molecular flexibility index (Phi) is 6.30. The van der Waals surface area contributed by atoms with Gasteiger partial charge in [0.05, 0.1) is 41.6 Å². The summed E-state index contributed by atoms with van der Waals surface area (Å²) in [6.45, 7) is 3.87. The van der Waals surface area contributed by atoms with Crippen molar-refractivity contribution in [3.8, 4) is 10.6 Å². The minimum Gasteiger partial charge on any atom is -0.351 e. The maximum atomic E-state index is 15.1. The molecule has 1 amide bonds. The average Bonchev–Trinajstić information content (AvgIpc) is 3.54. The number of hydrogen-bond acceptors (Lipinski definition) is 9. The van der Waals surface area contributed by atoms with Crippen molar-refractivity contribution in [2.75, 3.05) is 44.9 Å². The number of ether oxygens (including phenoxy) is 2. The van der Waals surface area contributed by atoms with Crippen molar-refractivity contribution < 1.29 is 27.1 Å². The molecule has 5 heterocycles. The van der Waals surface area contributed by atoms with E-state index in [-0.39, 0.29) is 17.6 Å². The predicted octanol–water partition coefficient (Wildman–Crippen LogP) is 3.09. The number of rotatable bonds is 4. The molecule has 1 N–H and O–H groups in total.